The predicted octanol–water partition coefficient (Wildman–Crippen LogP) is 4.18. The molecule has 0 unspecified atom stereocenters. The molecule has 0 fully saturated rings. The van der Waals surface area contributed by atoms with Gasteiger partial charge in [-0.05, 0) is 36.8 Å². The van der Waals surface area contributed by atoms with Gasteiger partial charge in [-0.25, -0.2) is 4.98 Å². The molecule has 0 aliphatic carbocycles. The number of nitrogens with one attached hydrogen (secondary N) is 1. The molecular weight excluding hydrogens is 442 g/mol. The van der Waals surface area contributed by atoms with Gasteiger partial charge in [-0.15, -0.1) is 11.3 Å². The highest BCUT2D eigenvalue weighted by atomic mass is 32.1. The molecule has 0 atom stereocenters. The SMILES string of the molecule is CCOc1ccc(-c2csc3ncn(CC(=O)Nc4ccc(OC)c(OC)c4)c(=O)c23)cc1. The Labute approximate surface area is 194 Å². The van der Waals surface area contributed by atoms with Crippen LogP contribution in [0.2, 0.25) is 0 Å². The highest BCUT2D eigenvalue weighted by molar-refractivity contribution is 7.17. The zero-order chi connectivity index (χ0) is 23.4. The molecule has 0 saturated carbocycles. The second kappa shape index (κ2) is 9.74. The molecule has 2 aromatic heterocycles. The first-order valence-corrected chi connectivity index (χ1v) is 11.1. The van der Waals surface area contributed by atoms with E-state index in [0.717, 1.165) is 16.9 Å². The van der Waals surface area contributed by atoms with Crippen LogP contribution in [-0.4, -0.2) is 36.3 Å². The quantitative estimate of drug-likeness (QED) is 0.420. The summed E-state index contributed by atoms with van der Waals surface area (Å²) in [7, 11) is 3.06. The van der Waals surface area contributed by atoms with Crippen LogP contribution in [0.1, 0.15) is 6.92 Å². The molecule has 0 radical (unpaired) electrons. The summed E-state index contributed by atoms with van der Waals surface area (Å²) >= 11 is 1.39. The summed E-state index contributed by atoms with van der Waals surface area (Å²) in [5, 5.41) is 5.17. The van der Waals surface area contributed by atoms with E-state index in [1.807, 2.05) is 36.6 Å². The number of rotatable bonds is 8. The summed E-state index contributed by atoms with van der Waals surface area (Å²) in [4.78, 5) is 30.9. The molecule has 170 valence electrons. The highest BCUT2D eigenvalue weighted by Crippen LogP contribution is 2.32. The number of amides is 1. The average Bonchev–Trinajstić information content (AvgIpc) is 3.26. The Balaban J connectivity index is 1.59. The molecule has 4 aromatic rings. The molecule has 2 heterocycles. The van der Waals surface area contributed by atoms with Crippen molar-refractivity contribution < 1.29 is 19.0 Å². The van der Waals surface area contributed by atoms with Crippen molar-refractivity contribution in [2.24, 2.45) is 0 Å². The van der Waals surface area contributed by atoms with E-state index in [-0.39, 0.29) is 18.0 Å². The van der Waals surface area contributed by atoms with Crippen molar-refractivity contribution in [3.8, 4) is 28.4 Å². The van der Waals surface area contributed by atoms with Crippen molar-refractivity contribution in [2.45, 2.75) is 13.5 Å². The Bertz CT molecular complexity index is 1340. The first-order chi connectivity index (χ1) is 16.0. The van der Waals surface area contributed by atoms with Gasteiger partial charge in [0.2, 0.25) is 5.91 Å². The lowest BCUT2D eigenvalue weighted by Crippen LogP contribution is -2.27. The second-order valence-electron chi connectivity index (χ2n) is 7.08. The van der Waals surface area contributed by atoms with Gasteiger partial charge in [-0.2, -0.15) is 0 Å². The van der Waals surface area contributed by atoms with Gasteiger partial charge in [0.05, 0.1) is 32.5 Å². The number of hydrogen-bond acceptors (Lipinski definition) is 7. The predicted molar refractivity (Wildman–Crippen MR) is 129 cm³/mol. The van der Waals surface area contributed by atoms with E-state index in [9.17, 15) is 9.59 Å². The number of fused-ring (bicyclic) bond motifs is 1. The van der Waals surface area contributed by atoms with Crippen LogP contribution in [0.3, 0.4) is 0 Å². The normalized spacial score (nSPS) is 10.8. The molecule has 1 N–H and O–H groups in total. The van der Waals surface area contributed by atoms with Crippen molar-refractivity contribution in [1.29, 1.82) is 0 Å². The second-order valence-corrected chi connectivity index (χ2v) is 7.94. The Morgan fingerprint density at radius 1 is 1.09 bits per heavy atom. The summed E-state index contributed by atoms with van der Waals surface area (Å²) in [5.74, 6) is 1.46. The molecule has 1 amide bonds. The average molecular weight is 466 g/mol. The van der Waals surface area contributed by atoms with Crippen molar-refractivity contribution in [3.05, 3.63) is 64.5 Å². The Morgan fingerprint density at radius 2 is 1.85 bits per heavy atom. The number of carbonyl (C=O) groups is 1. The van der Waals surface area contributed by atoms with Gasteiger partial charge >= 0.3 is 0 Å². The van der Waals surface area contributed by atoms with Crippen molar-refractivity contribution in [1.82, 2.24) is 9.55 Å². The standard InChI is InChI=1S/C24H23N3O5S/c1-4-32-17-8-5-15(6-9-17)18-13-33-23-22(18)24(29)27(14-25-23)12-21(28)26-16-7-10-19(30-2)20(11-16)31-3/h5-11,13-14H,4,12H2,1-3H3,(H,26,28). The lowest BCUT2D eigenvalue weighted by atomic mass is 10.1. The van der Waals surface area contributed by atoms with Gasteiger partial charge in [-0.3, -0.25) is 14.2 Å². The smallest absolute Gasteiger partial charge is 0.263 e. The zero-order valence-corrected chi connectivity index (χ0v) is 19.3. The van der Waals surface area contributed by atoms with Gasteiger partial charge < -0.3 is 19.5 Å². The van der Waals surface area contributed by atoms with Crippen LogP contribution in [-0.2, 0) is 11.3 Å². The van der Waals surface area contributed by atoms with E-state index < -0.39 is 0 Å². The first kappa shape index (κ1) is 22.3. The minimum atomic E-state index is -0.358. The van der Waals surface area contributed by atoms with E-state index in [0.29, 0.717) is 34.0 Å². The molecular formula is C24H23N3O5S. The molecule has 0 bridgehead atoms. The van der Waals surface area contributed by atoms with Crippen molar-refractivity contribution in [3.63, 3.8) is 0 Å². The number of hydrogen-bond donors (Lipinski definition) is 1. The van der Waals surface area contributed by atoms with Gasteiger partial charge in [-0.1, -0.05) is 12.1 Å². The molecule has 9 heteroatoms. The summed E-state index contributed by atoms with van der Waals surface area (Å²) in [5.41, 5.74) is 1.93. The maximum Gasteiger partial charge on any atom is 0.263 e. The number of methoxy groups -OCH3 is 2. The lowest BCUT2D eigenvalue weighted by Gasteiger charge is -2.11. The van der Waals surface area contributed by atoms with Gasteiger partial charge in [0.15, 0.2) is 11.5 Å². The van der Waals surface area contributed by atoms with Crippen molar-refractivity contribution >= 4 is 33.1 Å². The van der Waals surface area contributed by atoms with E-state index in [1.165, 1.54) is 36.5 Å². The number of aromatic nitrogens is 2. The summed E-state index contributed by atoms with van der Waals surface area (Å²) < 4.78 is 17.3. The number of anilines is 1. The molecule has 2 aromatic carbocycles. The first-order valence-electron chi connectivity index (χ1n) is 10.3. The maximum atomic E-state index is 13.2. The molecule has 0 saturated heterocycles. The fourth-order valence-corrected chi connectivity index (χ4v) is 4.37. The topological polar surface area (TPSA) is 91.7 Å². The monoisotopic (exact) mass is 465 g/mol. The van der Waals surface area contributed by atoms with Gasteiger partial charge in [0.1, 0.15) is 17.1 Å². The number of nitrogens with zero attached hydrogens (tertiary/aromatic N) is 2. The fourth-order valence-electron chi connectivity index (χ4n) is 3.46. The molecule has 0 aliphatic heterocycles. The van der Waals surface area contributed by atoms with Crippen LogP contribution in [0.25, 0.3) is 21.3 Å². The van der Waals surface area contributed by atoms with Crippen LogP contribution in [0, 0.1) is 0 Å². The molecule has 0 spiro atoms. The summed E-state index contributed by atoms with van der Waals surface area (Å²) in [6.45, 7) is 2.34. The lowest BCUT2D eigenvalue weighted by molar-refractivity contribution is -0.116. The van der Waals surface area contributed by atoms with E-state index in [1.54, 1.807) is 18.2 Å². The van der Waals surface area contributed by atoms with Gasteiger partial charge in [0.25, 0.3) is 5.56 Å². The zero-order valence-electron chi connectivity index (χ0n) is 18.5. The van der Waals surface area contributed by atoms with Crippen LogP contribution in [0.4, 0.5) is 5.69 Å². The summed E-state index contributed by atoms with van der Waals surface area (Å²) in [6, 6.07) is 12.6. The minimum absolute atomic E-state index is 0.172. The Morgan fingerprint density at radius 3 is 2.55 bits per heavy atom. The Hall–Kier alpha value is -3.85. The number of ether oxygens (including phenoxy) is 3. The summed E-state index contributed by atoms with van der Waals surface area (Å²) in [6.07, 6.45) is 1.40. The van der Waals surface area contributed by atoms with Crippen molar-refractivity contribution in [2.75, 3.05) is 26.1 Å². The van der Waals surface area contributed by atoms with E-state index in [4.69, 9.17) is 14.2 Å². The molecule has 0 aliphatic rings. The fraction of sp³-hybridized carbons (Fsp3) is 0.208. The van der Waals surface area contributed by atoms with Gasteiger partial charge in [0, 0.05) is 22.7 Å². The molecule has 8 nitrogen and oxygen atoms in total. The van der Waals surface area contributed by atoms with Crippen LogP contribution < -0.4 is 25.1 Å². The van der Waals surface area contributed by atoms with Crippen LogP contribution in [0.15, 0.2) is 59.0 Å². The number of benzene rings is 2. The molecule has 33 heavy (non-hydrogen) atoms. The number of carbonyl (C=O) groups excluding carboxylic acids is 1. The van der Waals surface area contributed by atoms with Crippen LogP contribution in [0.5, 0.6) is 17.2 Å². The largest absolute Gasteiger partial charge is 0.494 e. The molecule has 4 rings (SSSR count). The third-order valence-electron chi connectivity index (χ3n) is 5.02. The maximum absolute atomic E-state index is 13.2. The Kier molecular flexibility index (Phi) is 6.60. The van der Waals surface area contributed by atoms with Crippen LogP contribution >= 0.6 is 11.3 Å². The number of thiophene rings is 1. The highest BCUT2D eigenvalue weighted by Gasteiger charge is 2.15. The minimum Gasteiger partial charge on any atom is -0.494 e. The van der Waals surface area contributed by atoms with E-state index >= 15 is 0 Å². The third-order valence-corrected chi connectivity index (χ3v) is 5.90. The van der Waals surface area contributed by atoms with E-state index in [2.05, 4.69) is 10.3 Å². The third kappa shape index (κ3) is 4.68.